The summed E-state index contributed by atoms with van der Waals surface area (Å²) in [5, 5.41) is 7.15. The predicted molar refractivity (Wildman–Crippen MR) is 82.4 cm³/mol. The Morgan fingerprint density at radius 3 is 2.67 bits per heavy atom. The molecular weight excluding hydrogens is 267 g/mol. The average Bonchev–Trinajstić information content (AvgIpc) is 2.76. The number of halogens is 1. The van der Waals surface area contributed by atoms with E-state index >= 15 is 0 Å². The van der Waals surface area contributed by atoms with Gasteiger partial charge in [0.15, 0.2) is 11.6 Å². The number of rotatable bonds is 6. The van der Waals surface area contributed by atoms with E-state index in [1.807, 2.05) is 19.9 Å². The highest BCUT2D eigenvalue weighted by Gasteiger charge is 2.09. The summed E-state index contributed by atoms with van der Waals surface area (Å²) in [7, 11) is 0. The molecule has 4 heteroatoms. The Labute approximate surface area is 125 Å². The van der Waals surface area contributed by atoms with Crippen LogP contribution in [0.5, 0.6) is 5.75 Å². The predicted octanol–water partition coefficient (Wildman–Crippen LogP) is 4.30. The highest BCUT2D eigenvalue weighted by molar-refractivity contribution is 5.32. The molecule has 1 N–H and O–H groups in total. The lowest BCUT2D eigenvalue weighted by Crippen LogP contribution is -2.03. The minimum absolute atomic E-state index is 0.296. The topological polar surface area (TPSA) is 37.9 Å². The van der Waals surface area contributed by atoms with Gasteiger partial charge in [0.1, 0.15) is 0 Å². The van der Waals surface area contributed by atoms with Crippen LogP contribution in [-0.4, -0.2) is 16.8 Å². The number of hydrogen-bond donors (Lipinski definition) is 1. The average molecular weight is 290 g/mol. The molecule has 2 aromatic rings. The molecule has 1 aromatic heterocycles. The number of benzene rings is 1. The highest BCUT2D eigenvalue weighted by atomic mass is 19.1. The van der Waals surface area contributed by atoms with Crippen molar-refractivity contribution < 1.29 is 9.13 Å². The fourth-order valence-electron chi connectivity index (χ4n) is 2.36. The third kappa shape index (κ3) is 3.84. The van der Waals surface area contributed by atoms with Gasteiger partial charge in [-0.1, -0.05) is 19.9 Å². The summed E-state index contributed by atoms with van der Waals surface area (Å²) in [5.41, 5.74) is 4.45. The van der Waals surface area contributed by atoms with Crippen LogP contribution in [0.1, 0.15) is 48.7 Å². The molecule has 114 valence electrons. The second kappa shape index (κ2) is 6.74. The minimum Gasteiger partial charge on any atom is -0.490 e. The summed E-state index contributed by atoms with van der Waals surface area (Å²) in [6, 6.07) is 5.09. The maximum Gasteiger partial charge on any atom is 0.165 e. The third-order valence-electron chi connectivity index (χ3n) is 3.73. The van der Waals surface area contributed by atoms with Crippen LogP contribution in [0.3, 0.4) is 0 Å². The number of aromatic nitrogens is 2. The smallest absolute Gasteiger partial charge is 0.165 e. The Morgan fingerprint density at radius 2 is 2.05 bits per heavy atom. The van der Waals surface area contributed by atoms with Gasteiger partial charge in [-0.2, -0.15) is 5.10 Å². The molecule has 2 rings (SSSR count). The maximum atomic E-state index is 13.7. The first-order valence-corrected chi connectivity index (χ1v) is 7.41. The second-order valence-electron chi connectivity index (χ2n) is 5.71. The van der Waals surface area contributed by atoms with Gasteiger partial charge in [0.05, 0.1) is 12.3 Å². The standard InChI is InChI=1S/C17H23FN2O/c1-11(2)14-7-8-16(18)17(10-14)21-9-5-6-15-12(3)19-20-13(15)4/h7-8,10-11H,5-6,9H2,1-4H3,(H,19,20). The van der Waals surface area contributed by atoms with Crippen LogP contribution >= 0.6 is 0 Å². The molecule has 1 heterocycles. The quantitative estimate of drug-likeness (QED) is 0.805. The zero-order chi connectivity index (χ0) is 15.4. The van der Waals surface area contributed by atoms with Crippen molar-refractivity contribution in [3.63, 3.8) is 0 Å². The van der Waals surface area contributed by atoms with E-state index in [4.69, 9.17) is 4.74 Å². The normalized spacial score (nSPS) is 11.1. The number of H-pyrrole nitrogens is 1. The lowest BCUT2D eigenvalue weighted by Gasteiger charge is -2.11. The van der Waals surface area contributed by atoms with Gasteiger partial charge in [-0.05, 0) is 55.9 Å². The van der Waals surface area contributed by atoms with Crippen LogP contribution in [0, 0.1) is 19.7 Å². The lowest BCUT2D eigenvalue weighted by molar-refractivity contribution is 0.295. The number of hydrogen-bond acceptors (Lipinski definition) is 2. The van der Waals surface area contributed by atoms with E-state index in [-0.39, 0.29) is 5.82 Å². The molecule has 0 aliphatic carbocycles. The fourth-order valence-corrected chi connectivity index (χ4v) is 2.36. The van der Waals surface area contributed by atoms with Gasteiger partial charge < -0.3 is 4.74 Å². The Balaban J connectivity index is 1.90. The Kier molecular flexibility index (Phi) is 4.99. The van der Waals surface area contributed by atoms with Gasteiger partial charge >= 0.3 is 0 Å². The molecule has 0 radical (unpaired) electrons. The Morgan fingerprint density at radius 1 is 1.29 bits per heavy atom. The molecule has 0 saturated heterocycles. The van der Waals surface area contributed by atoms with Crippen molar-refractivity contribution in [3.8, 4) is 5.75 Å². The number of aryl methyl sites for hydroxylation is 2. The van der Waals surface area contributed by atoms with E-state index in [1.165, 1.54) is 11.6 Å². The monoisotopic (exact) mass is 290 g/mol. The van der Waals surface area contributed by atoms with E-state index in [9.17, 15) is 4.39 Å². The van der Waals surface area contributed by atoms with Crippen molar-refractivity contribution in [3.05, 3.63) is 46.5 Å². The summed E-state index contributed by atoms with van der Waals surface area (Å²) in [4.78, 5) is 0. The van der Waals surface area contributed by atoms with E-state index < -0.39 is 0 Å². The number of aromatic amines is 1. The molecule has 0 spiro atoms. The maximum absolute atomic E-state index is 13.7. The first kappa shape index (κ1) is 15.5. The Hall–Kier alpha value is -1.84. The van der Waals surface area contributed by atoms with Crippen LogP contribution < -0.4 is 4.74 Å². The molecule has 0 bridgehead atoms. The van der Waals surface area contributed by atoms with Gasteiger partial charge in [-0.3, -0.25) is 5.10 Å². The van der Waals surface area contributed by atoms with Crippen molar-refractivity contribution >= 4 is 0 Å². The molecule has 0 aliphatic heterocycles. The van der Waals surface area contributed by atoms with Gasteiger partial charge in [0, 0.05) is 5.69 Å². The first-order valence-electron chi connectivity index (χ1n) is 7.41. The van der Waals surface area contributed by atoms with Crippen molar-refractivity contribution in [1.29, 1.82) is 0 Å². The van der Waals surface area contributed by atoms with Gasteiger partial charge in [0.2, 0.25) is 0 Å². The molecule has 1 aromatic carbocycles. The summed E-state index contributed by atoms with van der Waals surface area (Å²) < 4.78 is 19.3. The summed E-state index contributed by atoms with van der Waals surface area (Å²) >= 11 is 0. The number of nitrogens with zero attached hydrogens (tertiary/aromatic N) is 1. The van der Waals surface area contributed by atoms with E-state index in [2.05, 4.69) is 24.0 Å². The molecule has 3 nitrogen and oxygen atoms in total. The van der Waals surface area contributed by atoms with Gasteiger partial charge in [-0.15, -0.1) is 0 Å². The van der Waals surface area contributed by atoms with E-state index in [0.29, 0.717) is 18.3 Å². The molecule has 0 amide bonds. The van der Waals surface area contributed by atoms with Crippen molar-refractivity contribution in [2.75, 3.05) is 6.61 Å². The van der Waals surface area contributed by atoms with E-state index in [1.54, 1.807) is 6.07 Å². The molecule has 0 atom stereocenters. The van der Waals surface area contributed by atoms with Gasteiger partial charge in [0.25, 0.3) is 0 Å². The molecule has 0 saturated carbocycles. The zero-order valence-electron chi connectivity index (χ0n) is 13.2. The number of nitrogens with one attached hydrogen (secondary N) is 1. The first-order chi connectivity index (χ1) is 9.99. The van der Waals surface area contributed by atoms with Crippen molar-refractivity contribution in [1.82, 2.24) is 10.2 Å². The van der Waals surface area contributed by atoms with Gasteiger partial charge in [-0.25, -0.2) is 4.39 Å². The largest absolute Gasteiger partial charge is 0.490 e. The summed E-state index contributed by atoms with van der Waals surface area (Å²) in [6.45, 7) is 8.68. The van der Waals surface area contributed by atoms with Crippen LogP contribution in [-0.2, 0) is 6.42 Å². The van der Waals surface area contributed by atoms with Crippen LogP contribution in [0.4, 0.5) is 4.39 Å². The minimum atomic E-state index is -0.296. The summed E-state index contributed by atoms with van der Waals surface area (Å²) in [5.74, 6) is 0.418. The molecule has 0 fully saturated rings. The molecule has 0 unspecified atom stereocenters. The SMILES string of the molecule is Cc1n[nH]c(C)c1CCCOc1cc(C(C)C)ccc1F. The number of ether oxygens (including phenoxy) is 1. The zero-order valence-corrected chi connectivity index (χ0v) is 13.2. The highest BCUT2D eigenvalue weighted by Crippen LogP contribution is 2.24. The lowest BCUT2D eigenvalue weighted by atomic mass is 10.0. The Bertz CT molecular complexity index is 585. The van der Waals surface area contributed by atoms with Crippen LogP contribution in [0.25, 0.3) is 0 Å². The third-order valence-corrected chi connectivity index (χ3v) is 3.73. The van der Waals surface area contributed by atoms with E-state index in [0.717, 1.165) is 29.8 Å². The van der Waals surface area contributed by atoms with Crippen LogP contribution in [0.2, 0.25) is 0 Å². The molecule has 0 aliphatic rings. The summed E-state index contributed by atoms with van der Waals surface area (Å²) in [6.07, 6.45) is 1.73. The van der Waals surface area contributed by atoms with Crippen molar-refractivity contribution in [2.24, 2.45) is 0 Å². The second-order valence-corrected chi connectivity index (χ2v) is 5.71. The molecule has 21 heavy (non-hydrogen) atoms. The fraction of sp³-hybridized carbons (Fsp3) is 0.471. The molecular formula is C17H23FN2O. The van der Waals surface area contributed by atoms with Crippen molar-refractivity contribution in [2.45, 2.75) is 46.5 Å². The van der Waals surface area contributed by atoms with Crippen LogP contribution in [0.15, 0.2) is 18.2 Å².